The molecule has 2 unspecified atom stereocenters. The van der Waals surface area contributed by atoms with E-state index in [1.807, 2.05) is 0 Å². The molecular weight excluding hydrogens is 252 g/mol. The minimum Gasteiger partial charge on any atom is -0.392 e. The Hall–Kier alpha value is -1.10. The van der Waals surface area contributed by atoms with Gasteiger partial charge in [-0.2, -0.15) is 0 Å². The van der Waals surface area contributed by atoms with Crippen LogP contribution in [0.15, 0.2) is 18.2 Å². The molecule has 2 aliphatic heterocycles. The number of ether oxygens (including phenoxy) is 1. The summed E-state index contributed by atoms with van der Waals surface area (Å²) in [6.07, 6.45) is 1.48. The van der Waals surface area contributed by atoms with Crippen molar-refractivity contribution in [2.45, 2.75) is 36.5 Å². The lowest BCUT2D eigenvalue weighted by molar-refractivity contribution is -0.149. The van der Waals surface area contributed by atoms with Crippen molar-refractivity contribution in [1.29, 1.82) is 0 Å². The maximum atomic E-state index is 10.3. The lowest BCUT2D eigenvalue weighted by atomic mass is 9.67. The van der Waals surface area contributed by atoms with E-state index >= 15 is 0 Å². The summed E-state index contributed by atoms with van der Waals surface area (Å²) in [6, 6.07) is 6.81. The van der Waals surface area contributed by atoms with Crippen LogP contribution >= 0.6 is 0 Å². The van der Waals surface area contributed by atoms with Crippen LogP contribution in [0.2, 0.25) is 0 Å². The summed E-state index contributed by atoms with van der Waals surface area (Å²) < 4.78 is 6.05. The summed E-state index contributed by atoms with van der Waals surface area (Å²) >= 11 is 0. The molecule has 108 valence electrons. The van der Waals surface area contributed by atoms with Crippen LogP contribution in [0.3, 0.4) is 0 Å². The second-order valence-electron chi connectivity index (χ2n) is 6.49. The molecule has 4 rings (SSSR count). The summed E-state index contributed by atoms with van der Waals surface area (Å²) in [5.41, 5.74) is 3.60. The van der Waals surface area contributed by atoms with E-state index in [2.05, 4.69) is 35.5 Å². The molecule has 0 saturated carbocycles. The third-order valence-corrected chi connectivity index (χ3v) is 5.49. The Morgan fingerprint density at radius 3 is 3.10 bits per heavy atom. The van der Waals surface area contributed by atoms with Gasteiger partial charge in [0.15, 0.2) is 0 Å². The van der Waals surface area contributed by atoms with Gasteiger partial charge in [0.2, 0.25) is 0 Å². The molecule has 2 N–H and O–H groups in total. The van der Waals surface area contributed by atoms with Crippen LogP contribution in [0, 0.1) is 0 Å². The molecule has 1 aromatic rings. The highest BCUT2D eigenvalue weighted by molar-refractivity contribution is 5.63. The topological polar surface area (TPSA) is 44.7 Å². The number of aliphatic hydroxyl groups excluding tert-OH is 1. The first-order valence-electron chi connectivity index (χ1n) is 7.46. The van der Waals surface area contributed by atoms with Crippen molar-refractivity contribution in [2.24, 2.45) is 0 Å². The first-order chi connectivity index (χ1) is 9.65. The van der Waals surface area contributed by atoms with Crippen LogP contribution in [-0.4, -0.2) is 49.4 Å². The first kappa shape index (κ1) is 12.6. The van der Waals surface area contributed by atoms with Crippen LogP contribution in [0.25, 0.3) is 0 Å². The highest BCUT2D eigenvalue weighted by Gasteiger charge is 2.54. The average Bonchev–Trinajstić information content (AvgIpc) is 2.85. The van der Waals surface area contributed by atoms with E-state index in [9.17, 15) is 5.11 Å². The van der Waals surface area contributed by atoms with Crippen LogP contribution in [0.1, 0.15) is 29.9 Å². The molecule has 0 spiro atoms. The number of rotatable bonds is 1. The summed E-state index contributed by atoms with van der Waals surface area (Å²) in [5.74, 6) is 0.576. The maximum absolute atomic E-state index is 10.3. The minimum atomic E-state index is -0.361. The number of likely N-dealkylation sites (N-methyl/N-ethyl adjacent to an activating group) is 1. The van der Waals surface area contributed by atoms with E-state index in [-0.39, 0.29) is 11.7 Å². The zero-order valence-corrected chi connectivity index (χ0v) is 12.1. The lowest BCUT2D eigenvalue weighted by Gasteiger charge is -2.53. The standard InChI is InChI=1S/C16H22N2O2/c1-18-9-11(19)7-16(20-2)12-4-3-5-13-15(12)10(8-17-13)6-14(16)18/h3-5,10-11,14,17,19H,6-9H2,1-2H3/t10?,11?,14-,16+/m1/s1. The predicted molar refractivity (Wildman–Crippen MR) is 78.0 cm³/mol. The highest BCUT2D eigenvalue weighted by Crippen LogP contribution is 2.53. The fourth-order valence-corrected chi connectivity index (χ4v) is 4.69. The first-order valence-corrected chi connectivity index (χ1v) is 7.46. The van der Waals surface area contributed by atoms with Crippen molar-refractivity contribution in [3.8, 4) is 0 Å². The molecule has 0 radical (unpaired) electrons. The van der Waals surface area contributed by atoms with Crippen LogP contribution in [0.5, 0.6) is 0 Å². The highest BCUT2D eigenvalue weighted by atomic mass is 16.5. The lowest BCUT2D eigenvalue weighted by Crippen LogP contribution is -2.61. The number of methoxy groups -OCH3 is 1. The van der Waals surface area contributed by atoms with Gasteiger partial charge in [-0.3, -0.25) is 4.90 Å². The molecule has 3 aliphatic rings. The van der Waals surface area contributed by atoms with Crippen molar-refractivity contribution >= 4 is 5.69 Å². The summed E-state index contributed by atoms with van der Waals surface area (Å²) in [5, 5.41) is 13.8. The molecule has 1 fully saturated rings. The Balaban J connectivity index is 1.92. The van der Waals surface area contributed by atoms with Gasteiger partial charge in [0.05, 0.1) is 6.10 Å². The van der Waals surface area contributed by atoms with Crippen molar-refractivity contribution in [2.75, 3.05) is 32.6 Å². The fraction of sp³-hybridized carbons (Fsp3) is 0.625. The fourth-order valence-electron chi connectivity index (χ4n) is 4.69. The number of nitrogens with one attached hydrogen (secondary N) is 1. The molecule has 1 saturated heterocycles. The van der Waals surface area contributed by atoms with Gasteiger partial charge in [-0.15, -0.1) is 0 Å². The smallest absolute Gasteiger partial charge is 0.111 e. The Kier molecular flexibility index (Phi) is 2.65. The van der Waals surface area contributed by atoms with E-state index in [0.29, 0.717) is 18.4 Å². The summed E-state index contributed by atoms with van der Waals surface area (Å²) in [6.45, 7) is 1.77. The van der Waals surface area contributed by atoms with Crippen molar-refractivity contribution in [3.63, 3.8) is 0 Å². The number of anilines is 1. The number of β-amino-alcohol motifs (C(OH)–C–C–N with tert-alkyl or cyclic N) is 1. The number of likely N-dealkylation sites (tertiary alicyclic amines) is 1. The number of fused-ring (bicyclic) bond motifs is 2. The molecule has 4 nitrogen and oxygen atoms in total. The molecule has 20 heavy (non-hydrogen) atoms. The third kappa shape index (κ3) is 1.47. The molecular formula is C16H22N2O2. The number of hydrogen-bond acceptors (Lipinski definition) is 4. The Labute approximate surface area is 119 Å². The van der Waals surface area contributed by atoms with Crippen molar-refractivity contribution < 1.29 is 9.84 Å². The molecule has 0 bridgehead atoms. The predicted octanol–water partition coefficient (Wildman–Crippen LogP) is 1.51. The van der Waals surface area contributed by atoms with E-state index < -0.39 is 0 Å². The van der Waals surface area contributed by atoms with E-state index in [0.717, 1.165) is 19.5 Å². The van der Waals surface area contributed by atoms with Gasteiger partial charge in [-0.25, -0.2) is 0 Å². The maximum Gasteiger partial charge on any atom is 0.111 e. The van der Waals surface area contributed by atoms with Gasteiger partial charge in [0.1, 0.15) is 5.60 Å². The zero-order valence-electron chi connectivity index (χ0n) is 12.1. The molecule has 4 heteroatoms. The quantitative estimate of drug-likeness (QED) is 0.815. The number of piperidine rings is 1. The Morgan fingerprint density at radius 2 is 2.30 bits per heavy atom. The van der Waals surface area contributed by atoms with E-state index in [4.69, 9.17) is 4.74 Å². The van der Waals surface area contributed by atoms with Gasteiger partial charge in [-0.05, 0) is 30.7 Å². The summed E-state index contributed by atoms with van der Waals surface area (Å²) in [4.78, 5) is 2.28. The average molecular weight is 274 g/mol. The second-order valence-corrected chi connectivity index (χ2v) is 6.49. The number of aliphatic hydroxyl groups is 1. The third-order valence-electron chi connectivity index (χ3n) is 5.49. The second kappa shape index (κ2) is 4.20. The zero-order chi connectivity index (χ0) is 13.9. The SMILES string of the molecule is CO[C@]12CC(O)CN(C)[C@@H]1CC1CNc3cccc2c31. The molecule has 0 aromatic heterocycles. The minimum absolute atomic E-state index is 0.321. The van der Waals surface area contributed by atoms with Gasteiger partial charge >= 0.3 is 0 Å². The normalized spacial score (nSPS) is 39.0. The van der Waals surface area contributed by atoms with Gasteiger partial charge in [-0.1, -0.05) is 12.1 Å². The van der Waals surface area contributed by atoms with Crippen molar-refractivity contribution in [3.05, 3.63) is 29.3 Å². The molecule has 0 amide bonds. The number of nitrogens with zero attached hydrogens (tertiary/aromatic N) is 1. The molecule has 1 aromatic carbocycles. The van der Waals surface area contributed by atoms with E-state index in [1.165, 1.54) is 16.8 Å². The van der Waals surface area contributed by atoms with Crippen molar-refractivity contribution in [1.82, 2.24) is 4.90 Å². The van der Waals surface area contributed by atoms with Gasteiger partial charge in [0.25, 0.3) is 0 Å². The summed E-state index contributed by atoms with van der Waals surface area (Å²) in [7, 11) is 3.90. The largest absolute Gasteiger partial charge is 0.392 e. The Bertz CT molecular complexity index is 547. The van der Waals surface area contributed by atoms with Gasteiger partial charge < -0.3 is 15.2 Å². The van der Waals surface area contributed by atoms with Crippen LogP contribution < -0.4 is 5.32 Å². The number of benzene rings is 1. The van der Waals surface area contributed by atoms with Gasteiger partial charge in [0, 0.05) is 44.3 Å². The molecule has 1 aliphatic carbocycles. The molecule has 2 heterocycles. The monoisotopic (exact) mass is 274 g/mol. The Morgan fingerprint density at radius 1 is 1.45 bits per heavy atom. The number of hydrogen-bond donors (Lipinski definition) is 2. The van der Waals surface area contributed by atoms with E-state index in [1.54, 1.807) is 7.11 Å². The van der Waals surface area contributed by atoms with Crippen LogP contribution in [-0.2, 0) is 10.3 Å². The van der Waals surface area contributed by atoms with Crippen LogP contribution in [0.4, 0.5) is 5.69 Å². The molecule has 4 atom stereocenters.